The fourth-order valence-electron chi connectivity index (χ4n) is 1.63. The Hall–Kier alpha value is -0.900. The van der Waals surface area contributed by atoms with Crippen molar-refractivity contribution >= 4 is 0 Å². The number of rotatable bonds is 8. The van der Waals surface area contributed by atoms with Crippen molar-refractivity contribution in [3.05, 3.63) is 12.7 Å². The molecule has 1 rings (SSSR count). The van der Waals surface area contributed by atoms with Crippen molar-refractivity contribution in [3.8, 4) is 0 Å². The molecule has 1 N–H and O–H groups in total. The molecule has 0 fully saturated rings. The quantitative estimate of drug-likeness (QED) is 0.687. The summed E-state index contributed by atoms with van der Waals surface area (Å²) in [4.78, 5) is 3.93. The molecule has 0 aliphatic heterocycles. The number of aromatic nitrogens is 3. The Morgan fingerprint density at radius 3 is 2.69 bits per heavy atom. The minimum atomic E-state index is 0.552. The van der Waals surface area contributed by atoms with Crippen LogP contribution in [0, 0.1) is 5.92 Å². The summed E-state index contributed by atoms with van der Waals surface area (Å²) in [7, 11) is 0. The van der Waals surface area contributed by atoms with Gasteiger partial charge in [0.2, 0.25) is 0 Å². The highest BCUT2D eigenvalue weighted by Crippen LogP contribution is 2.02. The second-order valence-corrected chi connectivity index (χ2v) is 4.84. The first kappa shape index (κ1) is 13.2. The van der Waals surface area contributed by atoms with E-state index in [4.69, 9.17) is 0 Å². The van der Waals surface area contributed by atoms with Gasteiger partial charge in [0.05, 0.1) is 0 Å². The molecule has 1 aromatic heterocycles. The number of hydrogen-bond donors (Lipinski definition) is 1. The largest absolute Gasteiger partial charge is 0.314 e. The highest BCUT2D eigenvalue weighted by molar-refractivity contribution is 4.63. The van der Waals surface area contributed by atoms with E-state index < -0.39 is 0 Å². The average Bonchev–Trinajstić information content (AvgIpc) is 2.74. The molecular formula is C12H24N4. The lowest BCUT2D eigenvalue weighted by Crippen LogP contribution is -2.28. The van der Waals surface area contributed by atoms with Crippen LogP contribution in [0.25, 0.3) is 0 Å². The molecule has 0 radical (unpaired) electrons. The third-order valence-electron chi connectivity index (χ3n) is 2.71. The molecule has 1 heterocycles. The zero-order chi connectivity index (χ0) is 11.8. The SMILES string of the molecule is CC(C)CCCNC(C)CCn1cncn1. The van der Waals surface area contributed by atoms with Crippen LogP contribution >= 0.6 is 0 Å². The summed E-state index contributed by atoms with van der Waals surface area (Å²) < 4.78 is 1.88. The first-order valence-electron chi connectivity index (χ1n) is 6.24. The zero-order valence-electron chi connectivity index (χ0n) is 10.7. The van der Waals surface area contributed by atoms with E-state index in [9.17, 15) is 0 Å². The molecule has 4 nitrogen and oxygen atoms in total. The van der Waals surface area contributed by atoms with Gasteiger partial charge < -0.3 is 5.32 Å². The molecular weight excluding hydrogens is 200 g/mol. The zero-order valence-corrected chi connectivity index (χ0v) is 10.7. The van der Waals surface area contributed by atoms with Crippen LogP contribution in [0.1, 0.15) is 40.0 Å². The standard InChI is InChI=1S/C12H24N4/c1-11(2)5-4-7-14-12(3)6-8-16-10-13-9-15-16/h9-12,14H,4-8H2,1-3H3. The Morgan fingerprint density at radius 2 is 2.06 bits per heavy atom. The van der Waals surface area contributed by atoms with E-state index >= 15 is 0 Å². The van der Waals surface area contributed by atoms with Crippen LogP contribution in [0.5, 0.6) is 0 Å². The van der Waals surface area contributed by atoms with Crippen LogP contribution in [0.3, 0.4) is 0 Å². The third kappa shape index (κ3) is 5.85. The van der Waals surface area contributed by atoms with Crippen LogP contribution in [-0.4, -0.2) is 27.4 Å². The summed E-state index contributed by atoms with van der Waals surface area (Å²) in [6.45, 7) is 8.84. The molecule has 0 spiro atoms. The van der Waals surface area contributed by atoms with Crippen LogP contribution in [-0.2, 0) is 6.54 Å². The van der Waals surface area contributed by atoms with Crippen molar-refractivity contribution in [2.45, 2.75) is 52.6 Å². The number of aryl methyl sites for hydroxylation is 1. The third-order valence-corrected chi connectivity index (χ3v) is 2.71. The van der Waals surface area contributed by atoms with E-state index in [1.165, 1.54) is 12.8 Å². The van der Waals surface area contributed by atoms with Crippen molar-refractivity contribution in [1.82, 2.24) is 20.1 Å². The molecule has 1 atom stereocenters. The minimum Gasteiger partial charge on any atom is -0.314 e. The minimum absolute atomic E-state index is 0.552. The fourth-order valence-corrected chi connectivity index (χ4v) is 1.63. The monoisotopic (exact) mass is 224 g/mol. The molecule has 0 saturated carbocycles. The highest BCUT2D eigenvalue weighted by atomic mass is 15.3. The summed E-state index contributed by atoms with van der Waals surface area (Å²) in [5.74, 6) is 0.812. The van der Waals surface area contributed by atoms with E-state index in [1.54, 1.807) is 12.7 Å². The first-order valence-corrected chi connectivity index (χ1v) is 6.24. The second kappa shape index (κ2) is 7.39. The van der Waals surface area contributed by atoms with Crippen molar-refractivity contribution in [1.29, 1.82) is 0 Å². The molecule has 0 saturated heterocycles. The summed E-state index contributed by atoms with van der Waals surface area (Å²) in [5.41, 5.74) is 0. The number of hydrogen-bond acceptors (Lipinski definition) is 3. The number of nitrogens with one attached hydrogen (secondary N) is 1. The molecule has 0 amide bonds. The molecule has 0 aromatic carbocycles. The Kier molecular flexibility index (Phi) is 6.08. The van der Waals surface area contributed by atoms with E-state index in [-0.39, 0.29) is 0 Å². The number of nitrogens with zero attached hydrogens (tertiary/aromatic N) is 3. The van der Waals surface area contributed by atoms with Crippen LogP contribution in [0.4, 0.5) is 0 Å². The van der Waals surface area contributed by atoms with Gasteiger partial charge in [0.1, 0.15) is 12.7 Å². The topological polar surface area (TPSA) is 42.7 Å². The van der Waals surface area contributed by atoms with Gasteiger partial charge in [-0.05, 0) is 38.6 Å². The van der Waals surface area contributed by atoms with Crippen molar-refractivity contribution in [2.24, 2.45) is 5.92 Å². The molecule has 0 bridgehead atoms. The Bertz CT molecular complexity index is 256. The van der Waals surface area contributed by atoms with Crippen LogP contribution in [0.2, 0.25) is 0 Å². The van der Waals surface area contributed by atoms with Gasteiger partial charge in [-0.25, -0.2) is 4.98 Å². The predicted molar refractivity (Wildman–Crippen MR) is 66.2 cm³/mol. The molecule has 92 valence electrons. The molecule has 0 aliphatic rings. The van der Waals surface area contributed by atoms with Gasteiger partial charge in [-0.1, -0.05) is 13.8 Å². The maximum Gasteiger partial charge on any atom is 0.137 e. The van der Waals surface area contributed by atoms with Crippen molar-refractivity contribution < 1.29 is 0 Å². The van der Waals surface area contributed by atoms with Gasteiger partial charge in [0.25, 0.3) is 0 Å². The van der Waals surface area contributed by atoms with E-state index in [2.05, 4.69) is 36.2 Å². The van der Waals surface area contributed by atoms with Gasteiger partial charge >= 0.3 is 0 Å². The average molecular weight is 224 g/mol. The lowest BCUT2D eigenvalue weighted by atomic mass is 10.1. The highest BCUT2D eigenvalue weighted by Gasteiger charge is 2.02. The first-order chi connectivity index (χ1) is 7.68. The van der Waals surface area contributed by atoms with Crippen molar-refractivity contribution in [3.63, 3.8) is 0 Å². The van der Waals surface area contributed by atoms with E-state index in [0.717, 1.165) is 25.4 Å². The normalized spacial score (nSPS) is 13.2. The smallest absolute Gasteiger partial charge is 0.137 e. The second-order valence-electron chi connectivity index (χ2n) is 4.84. The Balaban J connectivity index is 2.00. The van der Waals surface area contributed by atoms with E-state index in [0.29, 0.717) is 6.04 Å². The summed E-state index contributed by atoms with van der Waals surface area (Å²) in [6, 6.07) is 0.552. The molecule has 1 unspecified atom stereocenters. The van der Waals surface area contributed by atoms with Gasteiger partial charge in [0.15, 0.2) is 0 Å². The van der Waals surface area contributed by atoms with Gasteiger partial charge in [-0.2, -0.15) is 5.10 Å². The van der Waals surface area contributed by atoms with Crippen molar-refractivity contribution in [2.75, 3.05) is 6.54 Å². The van der Waals surface area contributed by atoms with Gasteiger partial charge in [-0.15, -0.1) is 0 Å². The lowest BCUT2D eigenvalue weighted by molar-refractivity contribution is 0.440. The predicted octanol–water partition coefficient (Wildman–Crippen LogP) is 2.08. The van der Waals surface area contributed by atoms with Gasteiger partial charge in [0, 0.05) is 12.6 Å². The van der Waals surface area contributed by atoms with Gasteiger partial charge in [-0.3, -0.25) is 4.68 Å². The molecule has 16 heavy (non-hydrogen) atoms. The molecule has 4 heteroatoms. The summed E-state index contributed by atoms with van der Waals surface area (Å²) in [6.07, 6.45) is 7.03. The maximum atomic E-state index is 4.09. The maximum absolute atomic E-state index is 4.09. The van der Waals surface area contributed by atoms with E-state index in [1.807, 2.05) is 4.68 Å². The lowest BCUT2D eigenvalue weighted by Gasteiger charge is -2.14. The molecule has 0 aliphatic carbocycles. The van der Waals surface area contributed by atoms with Crippen LogP contribution in [0.15, 0.2) is 12.7 Å². The summed E-state index contributed by atoms with van der Waals surface area (Å²) in [5, 5.41) is 7.62. The molecule has 1 aromatic rings. The Morgan fingerprint density at radius 1 is 1.25 bits per heavy atom. The van der Waals surface area contributed by atoms with Crippen LogP contribution < -0.4 is 5.32 Å². The summed E-state index contributed by atoms with van der Waals surface area (Å²) >= 11 is 0. The fraction of sp³-hybridized carbons (Fsp3) is 0.833. The Labute approximate surface area is 98.5 Å².